The minimum Gasteiger partial charge on any atom is -0.354 e. The van der Waals surface area contributed by atoms with Crippen LogP contribution in [0.1, 0.15) is 24.0 Å². The van der Waals surface area contributed by atoms with Crippen molar-refractivity contribution >= 4 is 17.5 Å². The van der Waals surface area contributed by atoms with Crippen LogP contribution in [0.4, 0.5) is 5.69 Å². The number of anilines is 1. The van der Waals surface area contributed by atoms with Crippen molar-refractivity contribution in [3.63, 3.8) is 0 Å². The van der Waals surface area contributed by atoms with E-state index in [1.54, 1.807) is 17.4 Å². The summed E-state index contributed by atoms with van der Waals surface area (Å²) in [5, 5.41) is 2.93. The number of amides is 2. The summed E-state index contributed by atoms with van der Waals surface area (Å²) in [5.41, 5.74) is 3.67. The number of nitrogens with zero attached hydrogens (tertiary/aromatic N) is 3. The van der Waals surface area contributed by atoms with Crippen molar-refractivity contribution < 1.29 is 9.59 Å². The first-order valence-corrected chi connectivity index (χ1v) is 8.86. The zero-order chi connectivity index (χ0) is 17.2. The van der Waals surface area contributed by atoms with Crippen LogP contribution < -0.4 is 10.2 Å². The summed E-state index contributed by atoms with van der Waals surface area (Å²) < 4.78 is 1.91. The standard InChI is InChI=1S/C19H22N4O2/c24-18-11-16(19(25)21-7-9-22-8-6-20-13-22)12-23(18)17-5-4-14-2-1-3-15(14)10-17/h4-6,8,10,13,16H,1-3,7,9,11-12H2,(H,21,25). The normalized spacial score (nSPS) is 19.3. The van der Waals surface area contributed by atoms with Gasteiger partial charge in [-0.05, 0) is 42.5 Å². The van der Waals surface area contributed by atoms with E-state index in [2.05, 4.69) is 22.4 Å². The molecule has 0 radical (unpaired) electrons. The largest absolute Gasteiger partial charge is 0.354 e. The lowest BCUT2D eigenvalue weighted by Gasteiger charge is -2.18. The van der Waals surface area contributed by atoms with Crippen LogP contribution in [-0.4, -0.2) is 34.5 Å². The summed E-state index contributed by atoms with van der Waals surface area (Å²) in [6.45, 7) is 1.69. The molecule has 1 aromatic heterocycles. The van der Waals surface area contributed by atoms with Gasteiger partial charge in [-0.25, -0.2) is 4.98 Å². The van der Waals surface area contributed by atoms with E-state index in [1.165, 1.54) is 17.5 Å². The van der Waals surface area contributed by atoms with Crippen LogP contribution in [0.5, 0.6) is 0 Å². The van der Waals surface area contributed by atoms with Crippen LogP contribution in [0.15, 0.2) is 36.9 Å². The summed E-state index contributed by atoms with van der Waals surface area (Å²) >= 11 is 0. The highest BCUT2D eigenvalue weighted by Gasteiger charge is 2.35. The average molecular weight is 338 g/mol. The van der Waals surface area contributed by atoms with Crippen molar-refractivity contribution in [1.82, 2.24) is 14.9 Å². The van der Waals surface area contributed by atoms with Gasteiger partial charge in [0.05, 0.1) is 12.2 Å². The number of aromatic nitrogens is 2. The summed E-state index contributed by atoms with van der Waals surface area (Å²) in [7, 11) is 0. The molecule has 0 bridgehead atoms. The van der Waals surface area contributed by atoms with Crippen molar-refractivity contribution in [2.45, 2.75) is 32.2 Å². The van der Waals surface area contributed by atoms with Crippen LogP contribution >= 0.6 is 0 Å². The number of imidazole rings is 1. The molecule has 1 fully saturated rings. The molecule has 6 heteroatoms. The summed E-state index contributed by atoms with van der Waals surface area (Å²) in [4.78, 5) is 30.5. The lowest BCUT2D eigenvalue weighted by molar-refractivity contribution is -0.126. The number of hydrogen-bond donors (Lipinski definition) is 1. The zero-order valence-electron chi connectivity index (χ0n) is 14.1. The molecule has 4 rings (SSSR count). The van der Waals surface area contributed by atoms with Gasteiger partial charge in [0.2, 0.25) is 11.8 Å². The molecular weight excluding hydrogens is 316 g/mol. The maximum Gasteiger partial charge on any atom is 0.227 e. The van der Waals surface area contributed by atoms with E-state index >= 15 is 0 Å². The topological polar surface area (TPSA) is 67.2 Å². The first-order chi connectivity index (χ1) is 12.2. The molecule has 1 saturated heterocycles. The minimum atomic E-state index is -0.274. The van der Waals surface area contributed by atoms with E-state index in [0.717, 1.165) is 18.5 Å². The molecule has 0 saturated carbocycles. The van der Waals surface area contributed by atoms with Crippen LogP contribution in [0.25, 0.3) is 0 Å². The Morgan fingerprint density at radius 1 is 1.28 bits per heavy atom. The maximum atomic E-state index is 12.4. The summed E-state index contributed by atoms with van der Waals surface area (Å²) in [6.07, 6.45) is 8.99. The van der Waals surface area contributed by atoms with Crippen molar-refractivity contribution in [2.75, 3.05) is 18.0 Å². The van der Waals surface area contributed by atoms with Crippen LogP contribution in [0, 0.1) is 5.92 Å². The molecule has 25 heavy (non-hydrogen) atoms. The molecule has 2 amide bonds. The Hall–Kier alpha value is -2.63. The third-order valence-corrected chi connectivity index (χ3v) is 5.12. The number of rotatable bonds is 5. The molecular formula is C19H22N4O2. The summed E-state index contributed by atoms with van der Waals surface area (Å²) in [5.74, 6) is -0.284. The molecule has 2 aromatic rings. The van der Waals surface area contributed by atoms with E-state index in [4.69, 9.17) is 0 Å². The first kappa shape index (κ1) is 15.9. The lowest BCUT2D eigenvalue weighted by atomic mass is 10.1. The molecule has 1 atom stereocenters. The average Bonchev–Trinajstić information content (AvgIpc) is 3.34. The van der Waals surface area contributed by atoms with Gasteiger partial charge in [0.1, 0.15) is 0 Å². The highest BCUT2D eigenvalue weighted by Crippen LogP contribution is 2.30. The smallest absolute Gasteiger partial charge is 0.227 e. The molecule has 0 spiro atoms. The van der Waals surface area contributed by atoms with Gasteiger partial charge < -0.3 is 14.8 Å². The van der Waals surface area contributed by atoms with Gasteiger partial charge in [-0.15, -0.1) is 0 Å². The molecule has 130 valence electrons. The van der Waals surface area contributed by atoms with Gasteiger partial charge in [0, 0.05) is 44.1 Å². The molecule has 6 nitrogen and oxygen atoms in total. The number of carbonyl (C=O) groups is 2. The van der Waals surface area contributed by atoms with Crippen molar-refractivity contribution in [1.29, 1.82) is 0 Å². The molecule has 1 aliphatic carbocycles. The predicted molar refractivity (Wildman–Crippen MR) is 94.2 cm³/mol. The number of carbonyl (C=O) groups excluding carboxylic acids is 2. The molecule has 1 aliphatic heterocycles. The summed E-state index contributed by atoms with van der Waals surface area (Å²) in [6, 6.07) is 6.27. The van der Waals surface area contributed by atoms with Gasteiger partial charge >= 0.3 is 0 Å². The Balaban J connectivity index is 1.35. The van der Waals surface area contributed by atoms with E-state index in [9.17, 15) is 9.59 Å². The predicted octanol–water partition coefficient (Wildman–Crippen LogP) is 1.54. The van der Waals surface area contributed by atoms with Gasteiger partial charge in [0.15, 0.2) is 0 Å². The SMILES string of the molecule is O=C(NCCn1ccnc1)C1CC(=O)N(c2ccc3c(c2)CCC3)C1. The third kappa shape index (κ3) is 3.29. The van der Waals surface area contributed by atoms with Gasteiger partial charge in [-0.2, -0.15) is 0 Å². The minimum absolute atomic E-state index is 0.0349. The Morgan fingerprint density at radius 3 is 3.00 bits per heavy atom. The highest BCUT2D eigenvalue weighted by atomic mass is 16.2. The van der Waals surface area contributed by atoms with Gasteiger partial charge in [-0.1, -0.05) is 6.07 Å². The van der Waals surface area contributed by atoms with Crippen molar-refractivity contribution in [3.05, 3.63) is 48.0 Å². The fourth-order valence-corrected chi connectivity index (χ4v) is 3.73. The van der Waals surface area contributed by atoms with Gasteiger partial charge in [-0.3, -0.25) is 9.59 Å². The molecule has 1 aromatic carbocycles. The number of benzene rings is 1. The Kier molecular flexibility index (Phi) is 4.26. The molecule has 1 unspecified atom stereocenters. The Morgan fingerprint density at radius 2 is 2.16 bits per heavy atom. The molecule has 2 aliphatic rings. The highest BCUT2D eigenvalue weighted by molar-refractivity contribution is 6.00. The van der Waals surface area contributed by atoms with Crippen molar-refractivity contribution in [3.8, 4) is 0 Å². The number of nitrogens with one attached hydrogen (secondary N) is 1. The van der Waals surface area contributed by atoms with Crippen LogP contribution in [-0.2, 0) is 29.0 Å². The fraction of sp³-hybridized carbons (Fsp3) is 0.421. The fourth-order valence-electron chi connectivity index (χ4n) is 3.73. The van der Waals surface area contributed by atoms with E-state index in [0.29, 0.717) is 19.6 Å². The number of aryl methyl sites for hydroxylation is 2. The second kappa shape index (κ2) is 6.70. The monoisotopic (exact) mass is 338 g/mol. The Labute approximate surface area is 146 Å². The van der Waals surface area contributed by atoms with E-state index < -0.39 is 0 Å². The quantitative estimate of drug-likeness (QED) is 0.899. The third-order valence-electron chi connectivity index (χ3n) is 5.12. The second-order valence-corrected chi connectivity index (χ2v) is 6.80. The van der Waals surface area contributed by atoms with Crippen molar-refractivity contribution in [2.24, 2.45) is 5.92 Å². The zero-order valence-corrected chi connectivity index (χ0v) is 14.1. The number of fused-ring (bicyclic) bond motifs is 1. The second-order valence-electron chi connectivity index (χ2n) is 6.80. The maximum absolute atomic E-state index is 12.4. The van der Waals surface area contributed by atoms with Gasteiger partial charge in [0.25, 0.3) is 0 Å². The number of hydrogen-bond acceptors (Lipinski definition) is 3. The van der Waals surface area contributed by atoms with Crippen LogP contribution in [0.3, 0.4) is 0 Å². The van der Waals surface area contributed by atoms with Crippen LogP contribution in [0.2, 0.25) is 0 Å². The molecule has 2 heterocycles. The van der Waals surface area contributed by atoms with E-state index in [1.807, 2.05) is 16.8 Å². The van der Waals surface area contributed by atoms with E-state index in [-0.39, 0.29) is 24.2 Å². The first-order valence-electron chi connectivity index (χ1n) is 8.86. The lowest BCUT2D eigenvalue weighted by Crippen LogP contribution is -2.34. The molecule has 1 N–H and O–H groups in total. The Bertz CT molecular complexity index is 785.